The molecule has 3 rings (SSSR count). The van der Waals surface area contributed by atoms with Gasteiger partial charge in [0, 0.05) is 0 Å². The molecule has 2 aliphatic rings. The SMILES string of the molecule is CC1=C(C)C(C)[C]([Zr]([CH3])([CH3])(=[SiH2])[CH]2C=Cc3ccccc32)=C1C.Cl.Cl. The van der Waals surface area contributed by atoms with E-state index < -0.39 is 17.4 Å². The van der Waals surface area contributed by atoms with Crippen LogP contribution in [0.1, 0.15) is 42.4 Å². The van der Waals surface area contributed by atoms with Gasteiger partial charge in [0.05, 0.1) is 0 Å². The molecule has 0 aromatic heterocycles. The minimum Gasteiger partial charge on any atom is -0.147 e. The van der Waals surface area contributed by atoms with Crippen molar-refractivity contribution in [2.45, 2.75) is 40.6 Å². The molecule has 1 aromatic carbocycles. The summed E-state index contributed by atoms with van der Waals surface area (Å²) >= 11 is -3.06. The third-order valence-corrected chi connectivity index (χ3v) is 23.7. The quantitative estimate of drug-likeness (QED) is 0.462. The Balaban J connectivity index is 0.00000144. The van der Waals surface area contributed by atoms with Crippen molar-refractivity contribution in [2.75, 3.05) is 0 Å². The molecule has 4 heteroatoms. The molecule has 2 atom stereocenters. The van der Waals surface area contributed by atoms with Crippen LogP contribution in [-0.2, 0) is 17.4 Å². The van der Waals surface area contributed by atoms with Crippen molar-refractivity contribution in [3.05, 3.63) is 61.5 Å². The smallest absolute Gasteiger partial charge is 0.147 e. The van der Waals surface area contributed by atoms with Crippen LogP contribution < -0.4 is 0 Å². The molecule has 0 heterocycles. The van der Waals surface area contributed by atoms with E-state index in [1.807, 2.05) is 3.28 Å². The number of allylic oxidation sites excluding steroid dienone is 5. The maximum absolute atomic E-state index is 3.06. The van der Waals surface area contributed by atoms with Gasteiger partial charge in [-0.3, -0.25) is 0 Å². The summed E-state index contributed by atoms with van der Waals surface area (Å²) in [6.07, 6.45) is 4.87. The van der Waals surface area contributed by atoms with E-state index in [2.05, 4.69) is 80.3 Å². The predicted octanol–water partition coefficient (Wildman–Crippen LogP) is 6.19. The van der Waals surface area contributed by atoms with E-state index in [1.165, 1.54) is 5.56 Å². The van der Waals surface area contributed by atoms with Gasteiger partial charge in [-0.25, -0.2) is 0 Å². The third-order valence-electron chi connectivity index (χ3n) is 6.32. The summed E-state index contributed by atoms with van der Waals surface area (Å²) in [6.45, 7) is 11.9. The molecule has 0 N–H and O–H groups in total. The standard InChI is InChI=1S/C9H7.C9H13.2CH3.2ClH.H2Si.Zr/c1-2-5-9-7-3-6-8(9)4-1;1-6-5-7(2)9(4)8(6)3;;;;;;/h1-7H;6H,1-4H3;2*1H3;2*1H;1H2;. The van der Waals surface area contributed by atoms with Crippen LogP contribution in [-0.4, -0.2) is 6.88 Å². The van der Waals surface area contributed by atoms with Gasteiger partial charge in [-0.05, 0) is 0 Å². The molecule has 0 nitrogen and oxygen atoms in total. The summed E-state index contributed by atoms with van der Waals surface area (Å²) in [7, 11) is 0. The summed E-state index contributed by atoms with van der Waals surface area (Å²) in [5, 5.41) is 0. The van der Waals surface area contributed by atoms with Crippen LogP contribution in [0.5, 0.6) is 0 Å². The van der Waals surface area contributed by atoms with Gasteiger partial charge >= 0.3 is 138 Å². The molecular formula is C20H30Cl2SiZr. The third kappa shape index (κ3) is 3.13. The van der Waals surface area contributed by atoms with Crippen LogP contribution in [0.4, 0.5) is 0 Å². The number of hydrogen-bond acceptors (Lipinski definition) is 0. The molecule has 0 saturated carbocycles. The molecule has 0 aliphatic heterocycles. The van der Waals surface area contributed by atoms with Gasteiger partial charge in [-0.1, -0.05) is 0 Å². The van der Waals surface area contributed by atoms with E-state index in [4.69, 9.17) is 0 Å². The zero-order valence-corrected chi connectivity index (χ0v) is 21.1. The Labute approximate surface area is 162 Å². The normalized spacial score (nSPS) is 23.1. The first-order chi connectivity index (χ1) is 10.1. The van der Waals surface area contributed by atoms with Gasteiger partial charge in [-0.15, -0.1) is 24.8 Å². The fourth-order valence-electron chi connectivity index (χ4n) is 4.92. The summed E-state index contributed by atoms with van der Waals surface area (Å²) in [4.78, 5) is 0. The van der Waals surface area contributed by atoms with Crippen molar-refractivity contribution in [1.82, 2.24) is 0 Å². The number of halogens is 2. The monoisotopic (exact) mass is 458 g/mol. The second-order valence-electron chi connectivity index (χ2n) is 8.34. The molecule has 2 unspecified atom stereocenters. The van der Waals surface area contributed by atoms with Crippen molar-refractivity contribution >= 4 is 37.8 Å². The molecule has 2 aliphatic carbocycles. The first-order valence-corrected chi connectivity index (χ1v) is 21.9. The van der Waals surface area contributed by atoms with E-state index in [9.17, 15) is 0 Å². The Hall–Kier alpha value is 0.120. The second-order valence-corrected chi connectivity index (χ2v) is 37.9. The second kappa shape index (κ2) is 7.03. The van der Waals surface area contributed by atoms with Crippen LogP contribution in [0.25, 0.3) is 6.08 Å². The molecule has 0 fully saturated rings. The Bertz CT molecular complexity index is 824. The zero-order chi connectivity index (χ0) is 16.3. The van der Waals surface area contributed by atoms with E-state index in [0.717, 1.165) is 0 Å². The van der Waals surface area contributed by atoms with Gasteiger partial charge < -0.3 is 0 Å². The zero-order valence-electron chi connectivity index (χ0n) is 15.6. The summed E-state index contributed by atoms with van der Waals surface area (Å²) < 4.78 is 7.82. The van der Waals surface area contributed by atoms with Crippen LogP contribution in [0.2, 0.25) is 9.26 Å². The van der Waals surface area contributed by atoms with Crippen molar-refractivity contribution in [2.24, 2.45) is 5.92 Å². The summed E-state index contributed by atoms with van der Waals surface area (Å²) in [6, 6.07) is 9.00. The Morgan fingerprint density at radius 2 is 1.54 bits per heavy atom. The van der Waals surface area contributed by atoms with Crippen molar-refractivity contribution in [3.63, 3.8) is 0 Å². The molecule has 0 saturated heterocycles. The largest absolute Gasteiger partial charge is 0.147 e. The van der Waals surface area contributed by atoms with Crippen molar-refractivity contribution in [1.29, 1.82) is 0 Å². The summed E-state index contributed by atoms with van der Waals surface area (Å²) in [5.41, 5.74) is 7.76. The Morgan fingerprint density at radius 1 is 0.958 bits per heavy atom. The Kier molecular flexibility index (Phi) is 6.49. The number of hydrogen-bond donors (Lipinski definition) is 0. The van der Waals surface area contributed by atoms with Crippen molar-refractivity contribution < 1.29 is 17.4 Å². The van der Waals surface area contributed by atoms with E-state index in [0.29, 0.717) is 9.54 Å². The minimum absolute atomic E-state index is 0. The number of fused-ring (bicyclic) bond motifs is 1. The van der Waals surface area contributed by atoms with E-state index in [-0.39, 0.29) is 24.8 Å². The van der Waals surface area contributed by atoms with Crippen LogP contribution in [0.15, 0.2) is 50.3 Å². The molecule has 0 radical (unpaired) electrons. The maximum Gasteiger partial charge on any atom is -0.147 e. The molecule has 132 valence electrons. The van der Waals surface area contributed by atoms with Gasteiger partial charge in [0.25, 0.3) is 0 Å². The maximum atomic E-state index is 2.66. The predicted molar refractivity (Wildman–Crippen MR) is 113 cm³/mol. The van der Waals surface area contributed by atoms with Gasteiger partial charge in [-0.2, -0.15) is 0 Å². The van der Waals surface area contributed by atoms with Crippen LogP contribution in [0, 0.1) is 5.92 Å². The van der Waals surface area contributed by atoms with Gasteiger partial charge in [0.1, 0.15) is 0 Å². The minimum atomic E-state index is -3.06. The van der Waals surface area contributed by atoms with Crippen molar-refractivity contribution in [3.8, 4) is 0 Å². The van der Waals surface area contributed by atoms with Crippen LogP contribution in [0.3, 0.4) is 0 Å². The number of rotatable bonds is 2. The number of benzene rings is 1. The average molecular weight is 461 g/mol. The Morgan fingerprint density at radius 3 is 2.08 bits per heavy atom. The van der Waals surface area contributed by atoms with Gasteiger partial charge in [0.2, 0.25) is 0 Å². The van der Waals surface area contributed by atoms with Gasteiger partial charge in [0.15, 0.2) is 0 Å². The first kappa shape index (κ1) is 22.2. The molecule has 1 aromatic rings. The summed E-state index contributed by atoms with van der Waals surface area (Å²) in [5.74, 6) is 0.638. The topological polar surface area (TPSA) is 0 Å². The van der Waals surface area contributed by atoms with E-state index in [1.54, 1.807) is 22.3 Å². The van der Waals surface area contributed by atoms with Crippen LogP contribution >= 0.6 is 24.8 Å². The molecular weight excluding hydrogens is 430 g/mol. The molecule has 0 amide bonds. The molecule has 0 bridgehead atoms. The fourth-order valence-corrected chi connectivity index (χ4v) is 23.6. The fraction of sp³-hybridized carbons (Fsp3) is 0.400. The average Bonchev–Trinajstić information content (AvgIpc) is 2.96. The molecule has 0 spiro atoms. The molecule has 24 heavy (non-hydrogen) atoms. The van der Waals surface area contributed by atoms with E-state index >= 15 is 0 Å². The first-order valence-electron chi connectivity index (χ1n) is 8.37.